The summed E-state index contributed by atoms with van der Waals surface area (Å²) < 4.78 is 0. The quantitative estimate of drug-likeness (QED) is 0.820. The third kappa shape index (κ3) is 2.13. The smallest absolute Gasteiger partial charge is 0.246 e. The highest BCUT2D eigenvalue weighted by molar-refractivity contribution is 5.90. The van der Waals surface area contributed by atoms with E-state index in [1.165, 1.54) is 19.3 Å². The lowest BCUT2D eigenvalue weighted by atomic mass is 9.73. The Labute approximate surface area is 151 Å². The van der Waals surface area contributed by atoms with E-state index in [4.69, 9.17) is 5.73 Å². The van der Waals surface area contributed by atoms with Gasteiger partial charge in [-0.25, -0.2) is 0 Å². The average Bonchev–Trinajstić information content (AvgIpc) is 2.73. The summed E-state index contributed by atoms with van der Waals surface area (Å²) in [6, 6.07) is -0.913. The molecular weight excluding hydrogens is 314 g/mol. The van der Waals surface area contributed by atoms with Crippen LogP contribution in [0, 0.1) is 21.7 Å². The topological polar surface area (TPSA) is 75.4 Å². The maximum absolute atomic E-state index is 13.3. The molecule has 3 rings (SSSR count). The first-order chi connectivity index (χ1) is 11.5. The number of hydrogen-bond acceptors (Lipinski definition) is 3. The van der Waals surface area contributed by atoms with Gasteiger partial charge < -0.3 is 16.0 Å². The Balaban J connectivity index is 1.91. The number of primary amides is 1. The first-order valence-electron chi connectivity index (χ1n) is 9.42. The number of carbonyl (C=O) groups is 2. The summed E-state index contributed by atoms with van der Waals surface area (Å²) in [5, 5.41) is 3.10. The van der Waals surface area contributed by atoms with Gasteiger partial charge in [-0.3, -0.25) is 9.59 Å². The first-order valence-corrected chi connectivity index (χ1v) is 9.42. The Bertz CT molecular complexity index is 615. The molecular formula is C20H33N3O2. The zero-order valence-corrected chi connectivity index (χ0v) is 16.3. The minimum Gasteiger partial charge on any atom is -0.380 e. The van der Waals surface area contributed by atoms with Crippen molar-refractivity contribution in [3.8, 4) is 0 Å². The highest BCUT2D eigenvalue weighted by Crippen LogP contribution is 2.88. The fraction of sp³-hybridized carbons (Fsp3) is 0.800. The highest BCUT2D eigenvalue weighted by Gasteiger charge is 2.85. The molecule has 3 aliphatic rings. The van der Waals surface area contributed by atoms with Gasteiger partial charge in [-0.05, 0) is 41.7 Å². The van der Waals surface area contributed by atoms with Crippen LogP contribution in [0.5, 0.6) is 0 Å². The maximum Gasteiger partial charge on any atom is 0.246 e. The molecule has 5 nitrogen and oxygen atoms in total. The zero-order chi connectivity index (χ0) is 18.8. The van der Waals surface area contributed by atoms with Gasteiger partial charge in [-0.1, -0.05) is 47.6 Å². The number of rotatable bonds is 4. The Kier molecular flexibility index (Phi) is 3.83. The third-order valence-corrected chi connectivity index (χ3v) is 7.82. The Hall–Kier alpha value is -1.52. The molecule has 2 amide bonds. The zero-order valence-electron chi connectivity index (χ0n) is 16.3. The minimum absolute atomic E-state index is 0.0368. The number of fused-ring (bicyclic) bond motifs is 1. The van der Waals surface area contributed by atoms with Gasteiger partial charge in [0.1, 0.15) is 12.1 Å². The standard InChI is InChI=1S/C20H33N3O2/c1-7-22-14(17(2,3)4)16(25)23-12-20(11-13(23)15(21)24)18(5,6)19(20)9-8-10-19/h7,13-14,22H,1,8-12H2,2-6H3,(H2,21,24)/t13?,14-,20?/m1/s1. The molecule has 0 aromatic rings. The molecule has 1 heterocycles. The number of nitrogens with two attached hydrogens (primary N) is 1. The molecule has 0 bridgehead atoms. The second-order valence-electron chi connectivity index (χ2n) is 9.90. The van der Waals surface area contributed by atoms with Crippen LogP contribution in [0.15, 0.2) is 12.8 Å². The summed E-state index contributed by atoms with van der Waals surface area (Å²) >= 11 is 0. The monoisotopic (exact) mass is 347 g/mol. The molecule has 5 heteroatoms. The van der Waals surface area contributed by atoms with Crippen LogP contribution in [0.1, 0.15) is 60.3 Å². The summed E-state index contributed by atoms with van der Waals surface area (Å²) in [4.78, 5) is 27.3. The van der Waals surface area contributed by atoms with Crippen LogP contribution in [0.2, 0.25) is 0 Å². The lowest BCUT2D eigenvalue weighted by Gasteiger charge is -2.35. The van der Waals surface area contributed by atoms with Gasteiger partial charge in [0.2, 0.25) is 11.8 Å². The SMILES string of the molecule is C=CN[C@H](C(=O)N1CC2(CC1C(N)=O)C(C)(C)C21CCC1)C(C)(C)C. The molecule has 3 fully saturated rings. The van der Waals surface area contributed by atoms with Gasteiger partial charge in [0.05, 0.1) is 0 Å². The molecule has 1 saturated heterocycles. The summed E-state index contributed by atoms with van der Waals surface area (Å²) in [5.41, 5.74) is 5.95. The van der Waals surface area contributed by atoms with E-state index in [0.29, 0.717) is 18.4 Å². The third-order valence-electron chi connectivity index (χ3n) is 7.82. The van der Waals surface area contributed by atoms with E-state index >= 15 is 0 Å². The van der Waals surface area contributed by atoms with Crippen molar-refractivity contribution >= 4 is 11.8 Å². The molecule has 3 atom stereocenters. The van der Waals surface area contributed by atoms with Gasteiger partial charge in [0, 0.05) is 12.0 Å². The van der Waals surface area contributed by atoms with Crippen LogP contribution < -0.4 is 11.1 Å². The maximum atomic E-state index is 13.3. The van der Waals surface area contributed by atoms with Crippen molar-refractivity contribution in [2.45, 2.75) is 72.4 Å². The predicted octanol–water partition coefficient (Wildman–Crippen LogP) is 2.42. The summed E-state index contributed by atoms with van der Waals surface area (Å²) in [7, 11) is 0. The number of nitrogens with zero attached hydrogens (tertiary/aromatic N) is 1. The van der Waals surface area contributed by atoms with E-state index < -0.39 is 12.1 Å². The summed E-state index contributed by atoms with van der Waals surface area (Å²) in [6.07, 6.45) is 5.95. The molecule has 140 valence electrons. The van der Waals surface area contributed by atoms with Gasteiger partial charge in [0.15, 0.2) is 0 Å². The Morgan fingerprint density at radius 1 is 1.28 bits per heavy atom. The average molecular weight is 348 g/mol. The van der Waals surface area contributed by atoms with Crippen LogP contribution >= 0.6 is 0 Å². The summed E-state index contributed by atoms with van der Waals surface area (Å²) in [5.74, 6) is -0.418. The lowest BCUT2D eigenvalue weighted by Crippen LogP contribution is -2.55. The van der Waals surface area contributed by atoms with E-state index in [2.05, 4.69) is 25.7 Å². The van der Waals surface area contributed by atoms with Crippen molar-refractivity contribution in [3.63, 3.8) is 0 Å². The number of carbonyl (C=O) groups excluding carboxylic acids is 2. The first kappa shape index (κ1) is 18.3. The van der Waals surface area contributed by atoms with Crippen molar-refractivity contribution in [3.05, 3.63) is 12.8 Å². The Morgan fingerprint density at radius 3 is 2.24 bits per heavy atom. The van der Waals surface area contributed by atoms with E-state index in [1.807, 2.05) is 20.8 Å². The predicted molar refractivity (Wildman–Crippen MR) is 98.4 cm³/mol. The van der Waals surface area contributed by atoms with E-state index in [0.717, 1.165) is 0 Å². The summed E-state index contributed by atoms with van der Waals surface area (Å²) in [6.45, 7) is 15.0. The van der Waals surface area contributed by atoms with Gasteiger partial charge >= 0.3 is 0 Å². The van der Waals surface area contributed by atoms with Gasteiger partial charge in [0.25, 0.3) is 0 Å². The molecule has 0 radical (unpaired) electrons. The van der Waals surface area contributed by atoms with Crippen LogP contribution in [-0.2, 0) is 9.59 Å². The van der Waals surface area contributed by atoms with Crippen LogP contribution in [0.25, 0.3) is 0 Å². The van der Waals surface area contributed by atoms with Crippen molar-refractivity contribution in [1.82, 2.24) is 10.2 Å². The molecule has 3 N–H and O–H groups in total. The molecule has 2 unspecified atom stereocenters. The fourth-order valence-electron chi connectivity index (χ4n) is 6.06. The van der Waals surface area contributed by atoms with Crippen LogP contribution in [0.3, 0.4) is 0 Å². The number of nitrogens with one attached hydrogen (secondary N) is 1. The fourth-order valence-corrected chi connectivity index (χ4v) is 6.06. The van der Waals surface area contributed by atoms with Crippen molar-refractivity contribution < 1.29 is 9.59 Å². The van der Waals surface area contributed by atoms with Crippen molar-refractivity contribution in [2.24, 2.45) is 27.4 Å². The number of likely N-dealkylation sites (tertiary alicyclic amines) is 1. The van der Waals surface area contributed by atoms with E-state index in [-0.39, 0.29) is 28.1 Å². The minimum atomic E-state index is -0.497. The largest absolute Gasteiger partial charge is 0.380 e. The number of amides is 2. The molecule has 1 aliphatic heterocycles. The van der Waals surface area contributed by atoms with Crippen LogP contribution in [0.4, 0.5) is 0 Å². The second-order valence-corrected chi connectivity index (χ2v) is 9.90. The lowest BCUT2D eigenvalue weighted by molar-refractivity contribution is -0.141. The molecule has 25 heavy (non-hydrogen) atoms. The van der Waals surface area contributed by atoms with Crippen molar-refractivity contribution in [1.29, 1.82) is 0 Å². The molecule has 2 saturated carbocycles. The van der Waals surface area contributed by atoms with Gasteiger partial charge in [-0.2, -0.15) is 0 Å². The van der Waals surface area contributed by atoms with Crippen LogP contribution in [-0.4, -0.2) is 35.3 Å². The molecule has 2 spiro atoms. The molecule has 0 aromatic heterocycles. The van der Waals surface area contributed by atoms with Crippen molar-refractivity contribution in [2.75, 3.05) is 6.54 Å². The second kappa shape index (κ2) is 5.24. The molecule has 2 aliphatic carbocycles. The number of hydrogen-bond donors (Lipinski definition) is 2. The molecule has 0 aromatic carbocycles. The Morgan fingerprint density at radius 2 is 1.88 bits per heavy atom. The highest BCUT2D eigenvalue weighted by atomic mass is 16.2. The van der Waals surface area contributed by atoms with E-state index in [9.17, 15) is 9.59 Å². The van der Waals surface area contributed by atoms with E-state index in [1.54, 1.807) is 11.1 Å². The normalized spacial score (nSPS) is 33.0. The van der Waals surface area contributed by atoms with Gasteiger partial charge in [-0.15, -0.1) is 0 Å².